The van der Waals surface area contributed by atoms with E-state index < -0.39 is 0 Å². The average Bonchev–Trinajstić information content (AvgIpc) is 2.32. The average molecular weight is 214 g/mol. The lowest BCUT2D eigenvalue weighted by molar-refractivity contribution is 0.296. The Morgan fingerprint density at radius 1 is 1.06 bits per heavy atom. The first-order chi connectivity index (χ1) is 7.75. The van der Waals surface area contributed by atoms with Crippen molar-refractivity contribution in [3.05, 3.63) is 36.5 Å². The van der Waals surface area contributed by atoms with E-state index in [1.165, 1.54) is 37.1 Å². The van der Waals surface area contributed by atoms with E-state index in [-0.39, 0.29) is 0 Å². The molecule has 0 spiro atoms. The zero-order valence-electron chi connectivity index (χ0n) is 9.52. The molecule has 1 saturated carbocycles. The molecule has 1 aliphatic carbocycles. The molecule has 3 aliphatic rings. The van der Waals surface area contributed by atoms with Crippen molar-refractivity contribution in [1.82, 2.24) is 0 Å². The molecule has 3 fully saturated rings. The van der Waals surface area contributed by atoms with Crippen LogP contribution in [0.3, 0.4) is 0 Å². The molecule has 84 valence electrons. The van der Waals surface area contributed by atoms with Crippen LogP contribution in [-0.4, -0.2) is 6.04 Å². The van der Waals surface area contributed by atoms with E-state index >= 15 is 0 Å². The second-order valence-electron chi connectivity index (χ2n) is 4.96. The highest BCUT2D eigenvalue weighted by Crippen LogP contribution is 2.43. The number of nitrogens with zero attached hydrogens (tertiary/aromatic N) is 1. The molecule has 2 N–H and O–H groups in total. The van der Waals surface area contributed by atoms with Crippen LogP contribution in [0.5, 0.6) is 0 Å². The Morgan fingerprint density at radius 3 is 2.25 bits per heavy atom. The summed E-state index contributed by atoms with van der Waals surface area (Å²) in [6, 6.07) is 8.85. The van der Waals surface area contributed by atoms with Gasteiger partial charge in [0.25, 0.3) is 0 Å². The number of nitrogens with two attached hydrogens (primary N) is 1. The van der Waals surface area contributed by atoms with Gasteiger partial charge < -0.3 is 10.6 Å². The minimum Gasteiger partial charge on any atom is -0.399 e. The second kappa shape index (κ2) is 3.55. The quantitative estimate of drug-likeness (QED) is 0.728. The van der Waals surface area contributed by atoms with Crippen molar-refractivity contribution in [3.63, 3.8) is 0 Å². The number of anilines is 2. The minimum atomic E-state index is 0.668. The first-order valence-corrected chi connectivity index (χ1v) is 6.09. The Bertz CT molecular complexity index is 399. The molecule has 0 atom stereocenters. The minimum absolute atomic E-state index is 0.668. The van der Waals surface area contributed by atoms with Gasteiger partial charge in [0, 0.05) is 23.1 Å². The predicted molar refractivity (Wildman–Crippen MR) is 68.2 cm³/mol. The van der Waals surface area contributed by atoms with Gasteiger partial charge in [-0.2, -0.15) is 0 Å². The molecular formula is C14H18N2. The molecule has 0 unspecified atom stereocenters. The van der Waals surface area contributed by atoms with Crippen LogP contribution < -0.4 is 10.6 Å². The van der Waals surface area contributed by atoms with Crippen LogP contribution in [0.4, 0.5) is 11.4 Å². The predicted octanol–water partition coefficient (Wildman–Crippen LogP) is 3.16. The maximum absolute atomic E-state index is 5.73. The van der Waals surface area contributed by atoms with Crippen molar-refractivity contribution >= 4 is 11.4 Å². The van der Waals surface area contributed by atoms with Gasteiger partial charge in [0.05, 0.1) is 0 Å². The van der Waals surface area contributed by atoms with Gasteiger partial charge in [0.2, 0.25) is 0 Å². The van der Waals surface area contributed by atoms with E-state index in [9.17, 15) is 0 Å². The van der Waals surface area contributed by atoms with E-state index in [2.05, 4.69) is 23.6 Å². The van der Waals surface area contributed by atoms with Crippen molar-refractivity contribution < 1.29 is 0 Å². The fraction of sp³-hybridized carbons (Fsp3) is 0.429. The maximum atomic E-state index is 5.73. The van der Waals surface area contributed by atoms with Gasteiger partial charge in [-0.15, -0.1) is 0 Å². The molecule has 2 nitrogen and oxygen atoms in total. The van der Waals surface area contributed by atoms with Crippen LogP contribution in [0.15, 0.2) is 36.5 Å². The van der Waals surface area contributed by atoms with Crippen molar-refractivity contribution in [2.75, 3.05) is 10.6 Å². The summed E-state index contributed by atoms with van der Waals surface area (Å²) >= 11 is 0. The van der Waals surface area contributed by atoms with Gasteiger partial charge >= 0.3 is 0 Å². The van der Waals surface area contributed by atoms with Crippen LogP contribution in [-0.2, 0) is 0 Å². The lowest BCUT2D eigenvalue weighted by Gasteiger charge is -2.48. The summed E-state index contributed by atoms with van der Waals surface area (Å²) in [5.74, 6) is 0.711. The van der Waals surface area contributed by atoms with E-state index in [1.807, 2.05) is 12.1 Å². The van der Waals surface area contributed by atoms with Crippen molar-refractivity contribution in [2.45, 2.75) is 31.7 Å². The zero-order valence-corrected chi connectivity index (χ0v) is 9.52. The molecule has 1 aromatic rings. The Balaban J connectivity index is 1.94. The first kappa shape index (κ1) is 9.76. The highest BCUT2D eigenvalue weighted by atomic mass is 15.2. The van der Waals surface area contributed by atoms with E-state index in [0.29, 0.717) is 12.0 Å². The third-order valence-electron chi connectivity index (χ3n) is 4.01. The Hall–Kier alpha value is -1.44. The number of fused-ring (bicyclic) bond motifs is 3. The van der Waals surface area contributed by atoms with Crippen LogP contribution in [0.1, 0.15) is 25.7 Å². The molecule has 0 aromatic heterocycles. The molecule has 2 bridgehead atoms. The van der Waals surface area contributed by atoms with E-state index in [1.54, 1.807) is 0 Å². The maximum Gasteiger partial charge on any atom is 0.0412 e. The lowest BCUT2D eigenvalue weighted by atomic mass is 9.77. The number of benzene rings is 1. The summed E-state index contributed by atoms with van der Waals surface area (Å²) in [6.07, 6.45) is 5.28. The summed E-state index contributed by atoms with van der Waals surface area (Å²) in [7, 11) is 0. The van der Waals surface area contributed by atoms with Gasteiger partial charge in [-0.05, 0) is 55.9 Å². The molecule has 2 heterocycles. The number of rotatable bonds is 1. The number of nitrogen functional groups attached to an aromatic ring is 1. The SMILES string of the molecule is C=C1C2CCC(CC2)N1c1ccc(N)cc1. The first-order valence-electron chi connectivity index (χ1n) is 6.09. The number of hydrogen-bond donors (Lipinski definition) is 1. The molecule has 2 saturated heterocycles. The van der Waals surface area contributed by atoms with Gasteiger partial charge in [-0.25, -0.2) is 0 Å². The lowest BCUT2D eigenvalue weighted by Crippen LogP contribution is -2.46. The monoisotopic (exact) mass is 214 g/mol. The topological polar surface area (TPSA) is 29.3 Å². The summed E-state index contributed by atoms with van der Waals surface area (Å²) in [5, 5.41) is 0. The highest BCUT2D eigenvalue weighted by molar-refractivity contribution is 5.58. The molecule has 0 amide bonds. The summed E-state index contributed by atoms with van der Waals surface area (Å²) in [4.78, 5) is 2.43. The third kappa shape index (κ3) is 1.41. The van der Waals surface area contributed by atoms with E-state index in [4.69, 9.17) is 5.73 Å². The molecule has 2 heteroatoms. The Labute approximate surface area is 96.7 Å². The third-order valence-corrected chi connectivity index (χ3v) is 4.01. The van der Waals surface area contributed by atoms with Crippen LogP contribution in [0, 0.1) is 5.92 Å². The van der Waals surface area contributed by atoms with E-state index in [0.717, 1.165) is 5.69 Å². The van der Waals surface area contributed by atoms with Crippen molar-refractivity contribution in [2.24, 2.45) is 5.92 Å². The fourth-order valence-corrected chi connectivity index (χ4v) is 3.11. The molecule has 2 aliphatic heterocycles. The standard InChI is InChI=1S/C14H18N2/c1-10-11-2-6-13(7-3-11)16(10)14-8-4-12(15)5-9-14/h4-5,8-9,11,13H,1-3,6-7,15H2. The van der Waals surface area contributed by atoms with Gasteiger partial charge in [-0.3, -0.25) is 0 Å². The molecule has 16 heavy (non-hydrogen) atoms. The van der Waals surface area contributed by atoms with Crippen LogP contribution >= 0.6 is 0 Å². The molecule has 4 rings (SSSR count). The Kier molecular flexibility index (Phi) is 2.16. The molecular weight excluding hydrogens is 196 g/mol. The van der Waals surface area contributed by atoms with Gasteiger partial charge in [-0.1, -0.05) is 6.58 Å². The van der Waals surface area contributed by atoms with Crippen LogP contribution in [0.25, 0.3) is 0 Å². The molecule has 1 aromatic carbocycles. The van der Waals surface area contributed by atoms with Gasteiger partial charge in [0.15, 0.2) is 0 Å². The summed E-state index contributed by atoms with van der Waals surface area (Å²) in [6.45, 7) is 4.27. The van der Waals surface area contributed by atoms with Crippen molar-refractivity contribution in [1.29, 1.82) is 0 Å². The largest absolute Gasteiger partial charge is 0.399 e. The second-order valence-corrected chi connectivity index (χ2v) is 4.96. The summed E-state index contributed by atoms with van der Waals surface area (Å²) < 4.78 is 0. The highest BCUT2D eigenvalue weighted by Gasteiger charge is 2.36. The van der Waals surface area contributed by atoms with Gasteiger partial charge in [0.1, 0.15) is 0 Å². The number of hydrogen-bond acceptors (Lipinski definition) is 2. The van der Waals surface area contributed by atoms with Crippen LogP contribution in [0.2, 0.25) is 0 Å². The fourth-order valence-electron chi connectivity index (χ4n) is 3.11. The smallest absolute Gasteiger partial charge is 0.0412 e. The molecule has 0 radical (unpaired) electrons. The summed E-state index contributed by atoms with van der Waals surface area (Å²) in [5.41, 5.74) is 9.13. The Morgan fingerprint density at radius 2 is 1.69 bits per heavy atom. The van der Waals surface area contributed by atoms with Crippen molar-refractivity contribution in [3.8, 4) is 0 Å². The number of piperidine rings is 2. The normalized spacial score (nSPS) is 28.5. The number of allylic oxidation sites excluding steroid dienone is 1. The zero-order chi connectivity index (χ0) is 11.1.